The summed E-state index contributed by atoms with van der Waals surface area (Å²) < 4.78 is 25.0. The van der Waals surface area contributed by atoms with Gasteiger partial charge >= 0.3 is 0 Å². The predicted octanol–water partition coefficient (Wildman–Crippen LogP) is 3.85. The second-order valence-corrected chi connectivity index (χ2v) is 5.61. The highest BCUT2D eigenvalue weighted by atomic mass is 79.9. The van der Waals surface area contributed by atoms with Crippen LogP contribution in [0.3, 0.4) is 0 Å². The van der Waals surface area contributed by atoms with Crippen LogP contribution in [0, 0.1) is 5.82 Å². The average molecular weight is 354 g/mol. The first kappa shape index (κ1) is 15.8. The summed E-state index contributed by atoms with van der Waals surface area (Å²) in [5.74, 6) is 1.06. The van der Waals surface area contributed by atoms with E-state index in [1.165, 1.54) is 6.07 Å². The van der Waals surface area contributed by atoms with Gasteiger partial charge in [-0.2, -0.15) is 0 Å². The van der Waals surface area contributed by atoms with Gasteiger partial charge in [-0.05, 0) is 41.8 Å². The summed E-state index contributed by atoms with van der Waals surface area (Å²) in [4.78, 5) is 0. The fraction of sp³-hybridized carbons (Fsp3) is 0.250. The van der Waals surface area contributed by atoms with Gasteiger partial charge in [-0.1, -0.05) is 22.0 Å². The standard InChI is InChI=1S/C16H17BrFNO2/c1-20-13-5-11(6-14(9-13)21-2)16(19)7-10-3-4-12(17)8-15(10)18/h3-6,8-9,16H,7,19H2,1-2H3. The van der Waals surface area contributed by atoms with E-state index in [0.717, 1.165) is 5.56 Å². The van der Waals surface area contributed by atoms with E-state index in [1.807, 2.05) is 12.1 Å². The number of hydrogen-bond donors (Lipinski definition) is 1. The third-order valence-electron chi connectivity index (χ3n) is 3.26. The van der Waals surface area contributed by atoms with Crippen molar-refractivity contribution in [2.24, 2.45) is 5.73 Å². The molecule has 5 heteroatoms. The van der Waals surface area contributed by atoms with Crippen LogP contribution in [0.5, 0.6) is 11.5 Å². The highest BCUT2D eigenvalue weighted by molar-refractivity contribution is 9.10. The van der Waals surface area contributed by atoms with Crippen LogP contribution in [0.25, 0.3) is 0 Å². The molecule has 1 atom stereocenters. The first-order valence-corrected chi connectivity index (χ1v) is 7.25. The summed E-state index contributed by atoms with van der Waals surface area (Å²) in [7, 11) is 3.16. The van der Waals surface area contributed by atoms with Gasteiger partial charge in [0.05, 0.1) is 14.2 Å². The predicted molar refractivity (Wildman–Crippen MR) is 84.3 cm³/mol. The zero-order valence-corrected chi connectivity index (χ0v) is 13.5. The smallest absolute Gasteiger partial charge is 0.127 e. The molecule has 0 spiro atoms. The fourth-order valence-corrected chi connectivity index (χ4v) is 2.42. The number of methoxy groups -OCH3 is 2. The SMILES string of the molecule is COc1cc(OC)cc(C(N)Cc2ccc(Br)cc2F)c1. The Morgan fingerprint density at radius 2 is 1.71 bits per heavy atom. The minimum atomic E-state index is -0.343. The number of nitrogens with two attached hydrogens (primary N) is 1. The molecule has 0 heterocycles. The molecule has 0 aliphatic heterocycles. The van der Waals surface area contributed by atoms with Crippen molar-refractivity contribution in [3.05, 3.63) is 57.8 Å². The van der Waals surface area contributed by atoms with E-state index < -0.39 is 0 Å². The zero-order chi connectivity index (χ0) is 15.4. The number of rotatable bonds is 5. The molecule has 0 aromatic heterocycles. The van der Waals surface area contributed by atoms with Gasteiger partial charge in [0, 0.05) is 16.6 Å². The van der Waals surface area contributed by atoms with Crippen molar-refractivity contribution in [1.29, 1.82) is 0 Å². The van der Waals surface area contributed by atoms with Crippen molar-refractivity contribution >= 4 is 15.9 Å². The Labute approximate surface area is 132 Å². The highest BCUT2D eigenvalue weighted by Gasteiger charge is 2.13. The molecule has 2 N–H and O–H groups in total. The molecular formula is C16H17BrFNO2. The molecule has 3 nitrogen and oxygen atoms in total. The van der Waals surface area contributed by atoms with Crippen LogP contribution in [-0.4, -0.2) is 14.2 Å². The maximum Gasteiger partial charge on any atom is 0.127 e. The molecule has 112 valence electrons. The topological polar surface area (TPSA) is 44.5 Å². The second kappa shape index (κ2) is 6.91. The van der Waals surface area contributed by atoms with Crippen molar-refractivity contribution in [3.8, 4) is 11.5 Å². The van der Waals surface area contributed by atoms with Crippen LogP contribution in [0.1, 0.15) is 17.2 Å². The van der Waals surface area contributed by atoms with Crippen LogP contribution in [0.4, 0.5) is 4.39 Å². The largest absolute Gasteiger partial charge is 0.497 e. The summed E-state index contributed by atoms with van der Waals surface area (Å²) in [5, 5.41) is 0. The van der Waals surface area contributed by atoms with Gasteiger partial charge < -0.3 is 15.2 Å². The van der Waals surface area contributed by atoms with Crippen LogP contribution < -0.4 is 15.2 Å². The molecular weight excluding hydrogens is 337 g/mol. The summed E-state index contributed by atoms with van der Waals surface area (Å²) in [6.45, 7) is 0. The van der Waals surface area contributed by atoms with E-state index in [0.29, 0.717) is 28.0 Å². The van der Waals surface area contributed by atoms with Crippen LogP contribution in [-0.2, 0) is 6.42 Å². The lowest BCUT2D eigenvalue weighted by molar-refractivity contribution is 0.392. The Balaban J connectivity index is 2.25. The molecule has 0 bridgehead atoms. The quantitative estimate of drug-likeness (QED) is 0.887. The van der Waals surface area contributed by atoms with E-state index in [9.17, 15) is 4.39 Å². The fourth-order valence-electron chi connectivity index (χ4n) is 2.09. The van der Waals surface area contributed by atoms with Crippen molar-refractivity contribution in [2.45, 2.75) is 12.5 Å². The van der Waals surface area contributed by atoms with E-state index in [4.69, 9.17) is 15.2 Å². The van der Waals surface area contributed by atoms with Crippen molar-refractivity contribution in [1.82, 2.24) is 0 Å². The molecule has 2 rings (SSSR count). The van der Waals surface area contributed by atoms with E-state index in [2.05, 4.69) is 15.9 Å². The Bertz CT molecular complexity index is 611. The highest BCUT2D eigenvalue weighted by Crippen LogP contribution is 2.28. The molecule has 21 heavy (non-hydrogen) atoms. The molecule has 2 aromatic rings. The van der Waals surface area contributed by atoms with Gasteiger partial charge in [-0.15, -0.1) is 0 Å². The second-order valence-electron chi connectivity index (χ2n) is 4.69. The molecule has 0 saturated heterocycles. The Hall–Kier alpha value is -1.59. The molecule has 2 aromatic carbocycles. The molecule has 0 radical (unpaired) electrons. The van der Waals surface area contributed by atoms with Gasteiger partial charge in [0.1, 0.15) is 17.3 Å². The van der Waals surface area contributed by atoms with Crippen molar-refractivity contribution in [2.75, 3.05) is 14.2 Å². The summed E-state index contributed by atoms with van der Waals surface area (Å²) >= 11 is 3.24. The van der Waals surface area contributed by atoms with Gasteiger partial charge in [-0.3, -0.25) is 0 Å². The van der Waals surface area contributed by atoms with Crippen LogP contribution >= 0.6 is 15.9 Å². The molecule has 0 aliphatic rings. The third-order valence-corrected chi connectivity index (χ3v) is 3.75. The molecule has 0 amide bonds. The number of ether oxygens (including phenoxy) is 2. The summed E-state index contributed by atoms with van der Waals surface area (Å²) in [5.41, 5.74) is 7.61. The van der Waals surface area contributed by atoms with Gasteiger partial charge in [-0.25, -0.2) is 4.39 Å². The number of hydrogen-bond acceptors (Lipinski definition) is 3. The van der Waals surface area contributed by atoms with Crippen LogP contribution in [0.15, 0.2) is 40.9 Å². The zero-order valence-electron chi connectivity index (χ0n) is 11.9. The minimum Gasteiger partial charge on any atom is -0.497 e. The Kier molecular flexibility index (Phi) is 5.20. The normalized spacial score (nSPS) is 12.0. The van der Waals surface area contributed by atoms with Crippen molar-refractivity contribution < 1.29 is 13.9 Å². The van der Waals surface area contributed by atoms with E-state index >= 15 is 0 Å². The maximum atomic E-state index is 13.9. The minimum absolute atomic E-state index is 0.269. The first-order chi connectivity index (χ1) is 10.0. The third kappa shape index (κ3) is 3.95. The molecule has 1 unspecified atom stereocenters. The lowest BCUT2D eigenvalue weighted by atomic mass is 9.99. The number of halogens is 2. The average Bonchev–Trinajstić information content (AvgIpc) is 2.49. The first-order valence-electron chi connectivity index (χ1n) is 6.46. The Morgan fingerprint density at radius 3 is 2.24 bits per heavy atom. The van der Waals surface area contributed by atoms with E-state index in [-0.39, 0.29) is 11.9 Å². The lowest BCUT2D eigenvalue weighted by Crippen LogP contribution is -2.14. The molecule has 0 saturated carbocycles. The van der Waals surface area contributed by atoms with E-state index in [1.54, 1.807) is 32.4 Å². The molecule has 0 fully saturated rings. The lowest BCUT2D eigenvalue weighted by Gasteiger charge is -2.15. The van der Waals surface area contributed by atoms with Crippen molar-refractivity contribution in [3.63, 3.8) is 0 Å². The number of benzene rings is 2. The van der Waals surface area contributed by atoms with Crippen LogP contribution in [0.2, 0.25) is 0 Å². The summed E-state index contributed by atoms with van der Waals surface area (Å²) in [6.07, 6.45) is 0.398. The van der Waals surface area contributed by atoms with Gasteiger partial charge in [0.25, 0.3) is 0 Å². The summed E-state index contributed by atoms with van der Waals surface area (Å²) in [6, 6.07) is 10.1. The monoisotopic (exact) mass is 353 g/mol. The van der Waals surface area contributed by atoms with Gasteiger partial charge in [0.15, 0.2) is 0 Å². The van der Waals surface area contributed by atoms with Gasteiger partial charge in [0.2, 0.25) is 0 Å². The Morgan fingerprint density at radius 1 is 1.10 bits per heavy atom. The molecule has 0 aliphatic carbocycles. The maximum absolute atomic E-state index is 13.9.